The molecule has 2 aromatic heterocycles. The van der Waals surface area contributed by atoms with Gasteiger partial charge in [-0.15, -0.1) is 12.6 Å². The van der Waals surface area contributed by atoms with E-state index in [1.807, 2.05) is 0 Å². The number of ketones is 1. The molecule has 0 unspecified atom stereocenters. The molecule has 0 spiro atoms. The van der Waals surface area contributed by atoms with Gasteiger partial charge in [-0.2, -0.15) is 0 Å². The number of hydrogen-bond acceptors (Lipinski definition) is 4. The Morgan fingerprint density at radius 2 is 2.23 bits per heavy atom. The van der Waals surface area contributed by atoms with Crippen molar-refractivity contribution in [1.29, 1.82) is 0 Å². The Labute approximate surface area is 79.0 Å². The summed E-state index contributed by atoms with van der Waals surface area (Å²) in [6.45, 7) is 0. The number of aromatic nitrogens is 4. The van der Waals surface area contributed by atoms with Crippen molar-refractivity contribution in [1.82, 2.24) is 19.9 Å². The molecule has 0 aliphatic heterocycles. The van der Waals surface area contributed by atoms with Crippen LogP contribution in [0.2, 0.25) is 0 Å². The van der Waals surface area contributed by atoms with Crippen LogP contribution in [0.25, 0.3) is 0 Å². The van der Waals surface area contributed by atoms with Crippen molar-refractivity contribution >= 4 is 18.4 Å². The lowest BCUT2D eigenvalue weighted by molar-refractivity contribution is 0.102. The van der Waals surface area contributed by atoms with Gasteiger partial charge in [0.05, 0.1) is 0 Å². The standard InChI is InChI=1S/C7H6N4OS/c12-5(6-8-1-2-9-6)7-10-3-4(13)11-7/h1-3,13H,(H,8,9)(H,10,11). The van der Waals surface area contributed by atoms with E-state index in [1.165, 1.54) is 6.20 Å². The molecule has 5 nitrogen and oxygen atoms in total. The van der Waals surface area contributed by atoms with Crippen LogP contribution < -0.4 is 0 Å². The molecule has 2 heterocycles. The fourth-order valence-corrected chi connectivity index (χ4v) is 1.09. The van der Waals surface area contributed by atoms with Crippen molar-refractivity contribution in [3.63, 3.8) is 0 Å². The average Bonchev–Trinajstić information content (AvgIpc) is 2.72. The van der Waals surface area contributed by atoms with Gasteiger partial charge in [0, 0.05) is 18.6 Å². The smallest absolute Gasteiger partial charge is 0.263 e. The lowest BCUT2D eigenvalue weighted by Crippen LogP contribution is -2.05. The zero-order chi connectivity index (χ0) is 9.26. The summed E-state index contributed by atoms with van der Waals surface area (Å²) in [6, 6.07) is 0. The first-order chi connectivity index (χ1) is 6.27. The van der Waals surface area contributed by atoms with Crippen LogP contribution in [-0.4, -0.2) is 25.7 Å². The van der Waals surface area contributed by atoms with Crippen LogP contribution in [0, 0.1) is 0 Å². The zero-order valence-corrected chi connectivity index (χ0v) is 7.38. The molecule has 0 aromatic carbocycles. The maximum absolute atomic E-state index is 11.5. The molecule has 6 heteroatoms. The van der Waals surface area contributed by atoms with Crippen molar-refractivity contribution in [2.45, 2.75) is 5.03 Å². The summed E-state index contributed by atoms with van der Waals surface area (Å²) in [7, 11) is 0. The number of carbonyl (C=O) groups excluding carboxylic acids is 1. The highest BCUT2D eigenvalue weighted by atomic mass is 32.1. The molecular weight excluding hydrogens is 188 g/mol. The van der Waals surface area contributed by atoms with E-state index in [4.69, 9.17) is 0 Å². The number of aromatic amines is 2. The van der Waals surface area contributed by atoms with E-state index < -0.39 is 0 Å². The molecular formula is C7H6N4OS. The van der Waals surface area contributed by atoms with Crippen LogP contribution in [0.5, 0.6) is 0 Å². The lowest BCUT2D eigenvalue weighted by Gasteiger charge is -1.89. The number of rotatable bonds is 2. The van der Waals surface area contributed by atoms with E-state index in [2.05, 4.69) is 32.6 Å². The van der Waals surface area contributed by atoms with Gasteiger partial charge >= 0.3 is 0 Å². The van der Waals surface area contributed by atoms with Gasteiger partial charge in [0.15, 0.2) is 11.6 Å². The molecule has 0 aliphatic rings. The summed E-state index contributed by atoms with van der Waals surface area (Å²) < 4.78 is 0. The van der Waals surface area contributed by atoms with Crippen LogP contribution in [0.3, 0.4) is 0 Å². The predicted molar refractivity (Wildman–Crippen MR) is 47.9 cm³/mol. The van der Waals surface area contributed by atoms with E-state index in [1.54, 1.807) is 12.4 Å². The number of nitrogens with zero attached hydrogens (tertiary/aromatic N) is 2. The second-order valence-electron chi connectivity index (χ2n) is 2.37. The summed E-state index contributed by atoms with van der Waals surface area (Å²) in [5.41, 5.74) is 0. The number of imidazole rings is 2. The Morgan fingerprint density at radius 3 is 2.77 bits per heavy atom. The monoisotopic (exact) mass is 194 g/mol. The van der Waals surface area contributed by atoms with E-state index in [9.17, 15) is 4.79 Å². The van der Waals surface area contributed by atoms with Crippen molar-refractivity contribution in [3.05, 3.63) is 30.2 Å². The summed E-state index contributed by atoms with van der Waals surface area (Å²) in [5.74, 6) is 0.230. The Balaban J connectivity index is 2.33. The third kappa shape index (κ3) is 1.48. The van der Waals surface area contributed by atoms with Crippen LogP contribution in [0.4, 0.5) is 0 Å². The minimum atomic E-state index is -0.273. The summed E-state index contributed by atoms with van der Waals surface area (Å²) in [6.07, 6.45) is 4.63. The number of nitrogens with one attached hydrogen (secondary N) is 2. The molecule has 0 radical (unpaired) electrons. The van der Waals surface area contributed by atoms with Gasteiger partial charge < -0.3 is 9.97 Å². The van der Waals surface area contributed by atoms with E-state index in [0.29, 0.717) is 5.03 Å². The van der Waals surface area contributed by atoms with Gasteiger partial charge in [0.1, 0.15) is 5.03 Å². The summed E-state index contributed by atoms with van der Waals surface area (Å²) >= 11 is 3.97. The third-order valence-electron chi connectivity index (χ3n) is 1.49. The fourth-order valence-electron chi connectivity index (χ4n) is 0.930. The largest absolute Gasteiger partial charge is 0.342 e. The average molecular weight is 194 g/mol. The predicted octanol–water partition coefficient (Wildman–Crippen LogP) is 0.652. The van der Waals surface area contributed by atoms with Crippen molar-refractivity contribution in [2.24, 2.45) is 0 Å². The van der Waals surface area contributed by atoms with Gasteiger partial charge in [0.25, 0.3) is 5.78 Å². The first-order valence-electron chi connectivity index (χ1n) is 3.56. The third-order valence-corrected chi connectivity index (χ3v) is 1.72. The summed E-state index contributed by atoms with van der Waals surface area (Å²) in [4.78, 5) is 24.6. The van der Waals surface area contributed by atoms with Gasteiger partial charge in [-0.1, -0.05) is 0 Å². The molecule has 0 saturated heterocycles. The van der Waals surface area contributed by atoms with E-state index in [-0.39, 0.29) is 17.4 Å². The normalized spacial score (nSPS) is 10.2. The molecule has 66 valence electrons. The minimum absolute atomic E-state index is 0.236. The Hall–Kier alpha value is -1.56. The maximum Gasteiger partial charge on any atom is 0.263 e. The molecule has 2 aromatic rings. The Kier molecular flexibility index (Phi) is 1.90. The highest BCUT2D eigenvalue weighted by molar-refractivity contribution is 7.80. The number of carbonyl (C=O) groups is 1. The van der Waals surface area contributed by atoms with E-state index in [0.717, 1.165) is 0 Å². The molecule has 0 bridgehead atoms. The van der Waals surface area contributed by atoms with Crippen molar-refractivity contribution in [3.8, 4) is 0 Å². The van der Waals surface area contributed by atoms with Gasteiger partial charge in [0.2, 0.25) is 0 Å². The molecule has 2 N–H and O–H groups in total. The van der Waals surface area contributed by atoms with Gasteiger partial charge in [-0.05, 0) is 0 Å². The number of hydrogen-bond donors (Lipinski definition) is 3. The molecule has 0 atom stereocenters. The van der Waals surface area contributed by atoms with Gasteiger partial charge in [-0.25, -0.2) is 9.97 Å². The van der Waals surface area contributed by atoms with Crippen LogP contribution in [-0.2, 0) is 0 Å². The maximum atomic E-state index is 11.5. The molecule has 0 amide bonds. The second-order valence-corrected chi connectivity index (χ2v) is 2.83. The SMILES string of the molecule is O=C(c1ncc[nH]1)c1nc(S)c[nH]1. The van der Waals surface area contributed by atoms with Crippen molar-refractivity contribution in [2.75, 3.05) is 0 Å². The Bertz CT molecular complexity index is 419. The van der Waals surface area contributed by atoms with Crippen LogP contribution in [0.1, 0.15) is 16.4 Å². The minimum Gasteiger partial charge on any atom is -0.342 e. The van der Waals surface area contributed by atoms with Crippen molar-refractivity contribution < 1.29 is 4.79 Å². The highest BCUT2D eigenvalue weighted by Gasteiger charge is 2.13. The molecule has 13 heavy (non-hydrogen) atoms. The lowest BCUT2D eigenvalue weighted by atomic mass is 10.3. The molecule has 0 aliphatic carbocycles. The quantitative estimate of drug-likeness (QED) is 0.485. The second kappa shape index (κ2) is 3.06. The highest BCUT2D eigenvalue weighted by Crippen LogP contribution is 2.04. The van der Waals surface area contributed by atoms with Gasteiger partial charge in [-0.3, -0.25) is 4.79 Å². The molecule has 2 rings (SSSR count). The number of H-pyrrole nitrogens is 2. The Morgan fingerprint density at radius 1 is 1.38 bits per heavy atom. The topological polar surface area (TPSA) is 74.4 Å². The summed E-state index contributed by atoms with van der Waals surface area (Å²) in [5, 5.41) is 0.481. The van der Waals surface area contributed by atoms with E-state index >= 15 is 0 Å². The first kappa shape index (κ1) is 8.06. The zero-order valence-electron chi connectivity index (χ0n) is 6.48. The van der Waals surface area contributed by atoms with Crippen LogP contribution >= 0.6 is 12.6 Å². The van der Waals surface area contributed by atoms with Crippen LogP contribution in [0.15, 0.2) is 23.6 Å². The number of thiol groups is 1. The molecule has 0 saturated carbocycles. The first-order valence-corrected chi connectivity index (χ1v) is 4.00. The molecule has 0 fully saturated rings. The fraction of sp³-hybridized carbons (Fsp3) is 0.